The molecule has 0 heterocycles. The summed E-state index contributed by atoms with van der Waals surface area (Å²) >= 11 is 6.03. The van der Waals surface area contributed by atoms with E-state index in [1.807, 2.05) is 12.1 Å². The van der Waals surface area contributed by atoms with Gasteiger partial charge in [-0.05, 0) is 65.4 Å². The highest BCUT2D eigenvalue weighted by atomic mass is 127. The standard InChI is InChI=1S/C17H19BrINO/c1-3-10-20-17(13-6-4-5-7-16(13)21-2)14-11-12(19)8-9-15(14)18/h4-9,11,17,20H,3,10H2,1-2H3. The Kier molecular flexibility index (Phi) is 6.51. The van der Waals surface area contributed by atoms with Crippen LogP contribution in [0.5, 0.6) is 5.75 Å². The molecule has 0 aromatic heterocycles. The van der Waals surface area contributed by atoms with Crippen LogP contribution in [0.1, 0.15) is 30.5 Å². The van der Waals surface area contributed by atoms with Gasteiger partial charge in [0, 0.05) is 13.6 Å². The van der Waals surface area contributed by atoms with Gasteiger partial charge in [0.05, 0.1) is 13.2 Å². The Morgan fingerprint density at radius 2 is 1.95 bits per heavy atom. The number of methoxy groups -OCH3 is 1. The molecule has 0 fully saturated rings. The molecule has 0 spiro atoms. The Balaban J connectivity index is 2.49. The summed E-state index contributed by atoms with van der Waals surface area (Å²) in [6.07, 6.45) is 1.09. The molecule has 2 aromatic carbocycles. The predicted octanol–water partition coefficient (Wildman–Crippen LogP) is 5.15. The molecule has 0 aliphatic carbocycles. The smallest absolute Gasteiger partial charge is 0.123 e. The first-order valence-electron chi connectivity index (χ1n) is 6.98. The number of benzene rings is 2. The molecule has 0 bridgehead atoms. The Bertz CT molecular complexity index is 603. The fourth-order valence-electron chi connectivity index (χ4n) is 2.32. The van der Waals surface area contributed by atoms with E-state index < -0.39 is 0 Å². The molecule has 2 aromatic rings. The third-order valence-corrected chi connectivity index (χ3v) is 4.71. The first kappa shape index (κ1) is 16.8. The largest absolute Gasteiger partial charge is 0.496 e. The van der Waals surface area contributed by atoms with Crippen LogP contribution in [-0.2, 0) is 0 Å². The fourth-order valence-corrected chi connectivity index (χ4v) is 3.31. The number of hydrogen-bond donors (Lipinski definition) is 1. The van der Waals surface area contributed by atoms with Gasteiger partial charge < -0.3 is 10.1 Å². The number of nitrogens with one attached hydrogen (secondary N) is 1. The van der Waals surface area contributed by atoms with E-state index in [0.29, 0.717) is 0 Å². The van der Waals surface area contributed by atoms with Crippen LogP contribution >= 0.6 is 38.5 Å². The summed E-state index contributed by atoms with van der Waals surface area (Å²) in [5.41, 5.74) is 2.40. The maximum absolute atomic E-state index is 5.54. The fraction of sp³-hybridized carbons (Fsp3) is 0.294. The van der Waals surface area contributed by atoms with Crippen molar-refractivity contribution < 1.29 is 4.74 Å². The number of hydrogen-bond acceptors (Lipinski definition) is 2. The van der Waals surface area contributed by atoms with E-state index in [9.17, 15) is 0 Å². The summed E-state index contributed by atoms with van der Waals surface area (Å²) in [5, 5.41) is 3.63. The summed E-state index contributed by atoms with van der Waals surface area (Å²) in [6, 6.07) is 14.7. The molecule has 0 amide bonds. The molecule has 0 radical (unpaired) electrons. The molecule has 0 saturated heterocycles. The zero-order valence-electron chi connectivity index (χ0n) is 12.2. The molecule has 0 aliphatic heterocycles. The predicted molar refractivity (Wildman–Crippen MR) is 100.0 cm³/mol. The van der Waals surface area contributed by atoms with Gasteiger partial charge in [-0.15, -0.1) is 0 Å². The number of rotatable bonds is 6. The zero-order valence-corrected chi connectivity index (χ0v) is 15.9. The lowest BCUT2D eigenvalue weighted by atomic mass is 9.97. The lowest BCUT2D eigenvalue weighted by molar-refractivity contribution is 0.403. The minimum atomic E-state index is 0.116. The number of ether oxygens (including phenoxy) is 1. The van der Waals surface area contributed by atoms with E-state index in [1.54, 1.807) is 7.11 Å². The van der Waals surface area contributed by atoms with Crippen molar-refractivity contribution in [3.63, 3.8) is 0 Å². The third kappa shape index (κ3) is 4.20. The average Bonchev–Trinajstić information content (AvgIpc) is 2.51. The monoisotopic (exact) mass is 459 g/mol. The quantitative estimate of drug-likeness (QED) is 0.603. The molecule has 0 saturated carbocycles. The molecule has 21 heavy (non-hydrogen) atoms. The topological polar surface area (TPSA) is 21.3 Å². The van der Waals surface area contributed by atoms with Crippen molar-refractivity contribution in [2.75, 3.05) is 13.7 Å². The third-order valence-electron chi connectivity index (χ3n) is 3.32. The van der Waals surface area contributed by atoms with Gasteiger partial charge in [0.15, 0.2) is 0 Å². The normalized spacial score (nSPS) is 12.2. The van der Waals surface area contributed by atoms with Crippen molar-refractivity contribution in [2.24, 2.45) is 0 Å². The van der Waals surface area contributed by atoms with Gasteiger partial charge in [0.25, 0.3) is 0 Å². The van der Waals surface area contributed by atoms with Gasteiger partial charge in [0.2, 0.25) is 0 Å². The first-order valence-corrected chi connectivity index (χ1v) is 8.85. The Morgan fingerprint density at radius 3 is 2.67 bits per heavy atom. The molecule has 4 heteroatoms. The van der Waals surface area contributed by atoms with Gasteiger partial charge in [-0.3, -0.25) is 0 Å². The summed E-state index contributed by atoms with van der Waals surface area (Å²) < 4.78 is 7.88. The lowest BCUT2D eigenvalue weighted by Gasteiger charge is -2.23. The second-order valence-corrected chi connectivity index (χ2v) is 6.89. The van der Waals surface area contributed by atoms with Crippen molar-refractivity contribution in [3.8, 4) is 5.75 Å². The number of halogens is 2. The second-order valence-electron chi connectivity index (χ2n) is 4.79. The summed E-state index contributed by atoms with van der Waals surface area (Å²) in [5.74, 6) is 0.914. The highest BCUT2D eigenvalue weighted by Crippen LogP contribution is 2.34. The SMILES string of the molecule is CCCNC(c1cc(I)ccc1Br)c1ccccc1OC. The van der Waals surface area contributed by atoms with Crippen LogP contribution in [0.4, 0.5) is 0 Å². The van der Waals surface area contributed by atoms with Crippen molar-refractivity contribution in [3.05, 3.63) is 61.6 Å². The molecular formula is C17H19BrINO. The Morgan fingerprint density at radius 1 is 1.19 bits per heavy atom. The van der Waals surface area contributed by atoms with E-state index in [4.69, 9.17) is 4.74 Å². The molecule has 0 aliphatic rings. The summed E-state index contributed by atoms with van der Waals surface area (Å²) in [7, 11) is 1.72. The molecule has 2 rings (SSSR count). The molecule has 2 nitrogen and oxygen atoms in total. The van der Waals surface area contributed by atoms with Crippen molar-refractivity contribution >= 4 is 38.5 Å². The van der Waals surface area contributed by atoms with Crippen LogP contribution in [-0.4, -0.2) is 13.7 Å². The van der Waals surface area contributed by atoms with Crippen LogP contribution in [0, 0.1) is 3.57 Å². The van der Waals surface area contributed by atoms with Crippen LogP contribution in [0.3, 0.4) is 0 Å². The van der Waals surface area contributed by atoms with Gasteiger partial charge in [-0.1, -0.05) is 41.1 Å². The maximum Gasteiger partial charge on any atom is 0.123 e. The highest BCUT2D eigenvalue weighted by molar-refractivity contribution is 14.1. The van der Waals surface area contributed by atoms with Crippen LogP contribution < -0.4 is 10.1 Å². The van der Waals surface area contributed by atoms with Crippen LogP contribution in [0.2, 0.25) is 0 Å². The van der Waals surface area contributed by atoms with Crippen molar-refractivity contribution in [2.45, 2.75) is 19.4 Å². The Labute approximate surface area is 148 Å². The maximum atomic E-state index is 5.54. The van der Waals surface area contributed by atoms with Crippen molar-refractivity contribution in [1.29, 1.82) is 0 Å². The molecular weight excluding hydrogens is 441 g/mol. The first-order chi connectivity index (χ1) is 10.2. The molecule has 1 atom stereocenters. The van der Waals surface area contributed by atoms with Crippen LogP contribution in [0.25, 0.3) is 0 Å². The minimum absolute atomic E-state index is 0.116. The summed E-state index contributed by atoms with van der Waals surface area (Å²) in [4.78, 5) is 0. The Hall–Kier alpha value is -0.590. The molecule has 112 valence electrons. The van der Waals surface area contributed by atoms with E-state index >= 15 is 0 Å². The zero-order chi connectivity index (χ0) is 15.2. The average molecular weight is 460 g/mol. The highest BCUT2D eigenvalue weighted by Gasteiger charge is 2.19. The van der Waals surface area contributed by atoms with E-state index in [1.165, 1.54) is 9.13 Å². The van der Waals surface area contributed by atoms with Crippen LogP contribution in [0.15, 0.2) is 46.9 Å². The molecule has 1 unspecified atom stereocenters. The van der Waals surface area contributed by atoms with Gasteiger partial charge in [-0.2, -0.15) is 0 Å². The summed E-state index contributed by atoms with van der Waals surface area (Å²) in [6.45, 7) is 3.14. The van der Waals surface area contributed by atoms with Crippen molar-refractivity contribution in [1.82, 2.24) is 5.32 Å². The van der Waals surface area contributed by atoms with E-state index in [2.05, 4.69) is 81.1 Å². The van der Waals surface area contributed by atoms with Gasteiger partial charge >= 0.3 is 0 Å². The van der Waals surface area contributed by atoms with E-state index in [-0.39, 0.29) is 6.04 Å². The van der Waals surface area contributed by atoms with Gasteiger partial charge in [0.1, 0.15) is 5.75 Å². The molecule has 1 N–H and O–H groups in total. The number of para-hydroxylation sites is 1. The lowest BCUT2D eigenvalue weighted by Crippen LogP contribution is -2.24. The van der Waals surface area contributed by atoms with E-state index in [0.717, 1.165) is 28.8 Å². The minimum Gasteiger partial charge on any atom is -0.496 e. The second kappa shape index (κ2) is 8.15. The van der Waals surface area contributed by atoms with Gasteiger partial charge in [-0.25, -0.2) is 0 Å².